The summed E-state index contributed by atoms with van der Waals surface area (Å²) in [4.78, 5) is 11.1. The van der Waals surface area contributed by atoms with Crippen LogP contribution in [-0.4, -0.2) is 12.6 Å². The van der Waals surface area contributed by atoms with Crippen molar-refractivity contribution >= 4 is 5.97 Å². The number of carbonyl (C=O) groups is 1. The summed E-state index contributed by atoms with van der Waals surface area (Å²) >= 11 is 0. The van der Waals surface area contributed by atoms with Gasteiger partial charge in [-0.1, -0.05) is 19.1 Å². The lowest BCUT2D eigenvalue weighted by atomic mass is 10.1. The number of fused-ring (bicyclic) bond motifs is 1. The largest absolute Gasteiger partial charge is 0.465 e. The van der Waals surface area contributed by atoms with Crippen LogP contribution >= 0.6 is 0 Å². The molecule has 2 aliphatic rings. The predicted octanol–water partition coefficient (Wildman–Crippen LogP) is 2.93. The second kappa shape index (κ2) is 4.82. The van der Waals surface area contributed by atoms with Crippen molar-refractivity contribution in [3.63, 3.8) is 0 Å². The number of rotatable bonds is 3. The first-order valence-corrected chi connectivity index (χ1v) is 6.13. The van der Waals surface area contributed by atoms with Crippen LogP contribution in [0.4, 0.5) is 0 Å². The average molecular weight is 208 g/mol. The Labute approximate surface area is 91.7 Å². The molecular weight excluding hydrogens is 188 g/mol. The highest BCUT2D eigenvalue weighted by Gasteiger charge is 2.49. The van der Waals surface area contributed by atoms with Crippen molar-refractivity contribution in [1.29, 1.82) is 0 Å². The molecule has 0 aromatic heterocycles. The Hall–Kier alpha value is -0.790. The molecule has 0 bridgehead atoms. The van der Waals surface area contributed by atoms with Crippen LogP contribution in [0.1, 0.15) is 39.0 Å². The van der Waals surface area contributed by atoms with Crippen LogP contribution < -0.4 is 0 Å². The summed E-state index contributed by atoms with van der Waals surface area (Å²) in [7, 11) is 0. The number of hydrogen-bond donors (Lipinski definition) is 0. The highest BCUT2D eigenvalue weighted by atomic mass is 16.5. The fraction of sp³-hybridized carbons (Fsp3) is 0.769. The minimum absolute atomic E-state index is 0.0487. The van der Waals surface area contributed by atoms with Gasteiger partial charge in [0.2, 0.25) is 0 Å². The van der Waals surface area contributed by atoms with Crippen LogP contribution in [0.3, 0.4) is 0 Å². The summed E-state index contributed by atoms with van der Waals surface area (Å²) in [5.74, 6) is 2.28. The summed E-state index contributed by atoms with van der Waals surface area (Å²) in [6.45, 7) is 2.52. The number of hydrogen-bond acceptors (Lipinski definition) is 2. The predicted molar refractivity (Wildman–Crippen MR) is 59.3 cm³/mol. The van der Waals surface area contributed by atoms with Crippen molar-refractivity contribution in [2.75, 3.05) is 6.61 Å². The van der Waals surface area contributed by atoms with E-state index in [9.17, 15) is 4.79 Å². The van der Waals surface area contributed by atoms with Crippen LogP contribution in [0, 0.1) is 17.8 Å². The van der Waals surface area contributed by atoms with E-state index in [1.54, 1.807) is 0 Å². The van der Waals surface area contributed by atoms with E-state index in [1.807, 2.05) is 6.92 Å². The molecule has 84 valence electrons. The van der Waals surface area contributed by atoms with Gasteiger partial charge in [0.1, 0.15) is 0 Å². The van der Waals surface area contributed by atoms with E-state index in [2.05, 4.69) is 12.2 Å². The molecule has 2 rings (SSSR count). The molecule has 0 N–H and O–H groups in total. The van der Waals surface area contributed by atoms with E-state index < -0.39 is 0 Å². The molecule has 2 unspecified atom stereocenters. The van der Waals surface area contributed by atoms with E-state index in [0.717, 1.165) is 11.8 Å². The third-order valence-corrected chi connectivity index (χ3v) is 3.73. The summed E-state index contributed by atoms with van der Waals surface area (Å²) in [6.07, 6.45) is 10.1. The molecule has 15 heavy (non-hydrogen) atoms. The number of allylic oxidation sites excluding steroid dienone is 2. The summed E-state index contributed by atoms with van der Waals surface area (Å²) in [5, 5.41) is 0. The molecule has 2 nitrogen and oxygen atoms in total. The number of ether oxygens (including phenoxy) is 1. The highest BCUT2D eigenvalue weighted by molar-refractivity contribution is 5.68. The Morgan fingerprint density at radius 3 is 2.40 bits per heavy atom. The fourth-order valence-electron chi connectivity index (χ4n) is 2.73. The second-order valence-corrected chi connectivity index (χ2v) is 4.65. The van der Waals surface area contributed by atoms with Gasteiger partial charge in [0.15, 0.2) is 0 Å². The zero-order chi connectivity index (χ0) is 10.7. The van der Waals surface area contributed by atoms with Crippen molar-refractivity contribution in [2.45, 2.75) is 39.0 Å². The lowest BCUT2D eigenvalue weighted by Crippen LogP contribution is -2.06. The Morgan fingerprint density at radius 1 is 1.27 bits per heavy atom. The number of esters is 1. The van der Waals surface area contributed by atoms with E-state index in [4.69, 9.17) is 4.74 Å². The van der Waals surface area contributed by atoms with Crippen molar-refractivity contribution in [3.8, 4) is 0 Å². The SMILES string of the molecule is CCC(=O)OCC1C2CCC=CCCC21. The minimum atomic E-state index is -0.0487. The highest BCUT2D eigenvalue weighted by Crippen LogP contribution is 2.52. The smallest absolute Gasteiger partial charge is 0.305 e. The maximum atomic E-state index is 11.1. The Morgan fingerprint density at radius 2 is 1.87 bits per heavy atom. The van der Waals surface area contributed by atoms with Gasteiger partial charge in [0, 0.05) is 6.42 Å². The van der Waals surface area contributed by atoms with Crippen LogP contribution in [0.2, 0.25) is 0 Å². The monoisotopic (exact) mass is 208 g/mol. The standard InChI is InChI=1S/C13H20O2/c1-2-13(14)15-9-12-10-7-5-3-4-6-8-11(10)12/h3-4,10-12H,2,5-9H2,1H3. The van der Waals surface area contributed by atoms with E-state index in [0.29, 0.717) is 18.9 Å². The van der Waals surface area contributed by atoms with Crippen LogP contribution in [0.15, 0.2) is 12.2 Å². The zero-order valence-corrected chi connectivity index (χ0v) is 9.45. The van der Waals surface area contributed by atoms with Gasteiger partial charge in [-0.25, -0.2) is 0 Å². The number of carbonyl (C=O) groups excluding carboxylic acids is 1. The molecule has 0 saturated heterocycles. The molecule has 1 saturated carbocycles. The van der Waals surface area contributed by atoms with Gasteiger partial charge in [0.25, 0.3) is 0 Å². The van der Waals surface area contributed by atoms with Crippen LogP contribution in [0.25, 0.3) is 0 Å². The Bertz CT molecular complexity index is 241. The Balaban J connectivity index is 1.75. The molecule has 2 heteroatoms. The molecule has 0 spiro atoms. The molecule has 1 fully saturated rings. The average Bonchev–Trinajstić information content (AvgIpc) is 2.85. The lowest BCUT2D eigenvalue weighted by Gasteiger charge is -2.01. The first-order valence-electron chi connectivity index (χ1n) is 6.13. The van der Waals surface area contributed by atoms with Crippen molar-refractivity contribution in [2.24, 2.45) is 17.8 Å². The Kier molecular flexibility index (Phi) is 3.45. The normalized spacial score (nSPS) is 33.8. The second-order valence-electron chi connectivity index (χ2n) is 4.65. The molecule has 0 amide bonds. The fourth-order valence-corrected chi connectivity index (χ4v) is 2.73. The van der Waals surface area contributed by atoms with Crippen molar-refractivity contribution < 1.29 is 9.53 Å². The first kappa shape index (κ1) is 10.7. The molecular formula is C13H20O2. The third-order valence-electron chi connectivity index (χ3n) is 3.73. The zero-order valence-electron chi connectivity index (χ0n) is 9.45. The molecule has 0 aliphatic heterocycles. The van der Waals surface area contributed by atoms with Gasteiger partial charge < -0.3 is 4.74 Å². The molecule has 2 aliphatic carbocycles. The van der Waals surface area contributed by atoms with Crippen LogP contribution in [0.5, 0.6) is 0 Å². The molecule has 0 heterocycles. The van der Waals surface area contributed by atoms with E-state index in [-0.39, 0.29) is 5.97 Å². The lowest BCUT2D eigenvalue weighted by molar-refractivity contribution is -0.143. The van der Waals surface area contributed by atoms with Gasteiger partial charge in [-0.15, -0.1) is 0 Å². The summed E-state index contributed by atoms with van der Waals surface area (Å²) in [5.41, 5.74) is 0. The van der Waals surface area contributed by atoms with Crippen LogP contribution in [-0.2, 0) is 9.53 Å². The quantitative estimate of drug-likeness (QED) is 0.526. The van der Waals surface area contributed by atoms with Gasteiger partial charge in [0.05, 0.1) is 6.61 Å². The maximum Gasteiger partial charge on any atom is 0.305 e. The summed E-state index contributed by atoms with van der Waals surface area (Å²) < 4.78 is 5.23. The minimum Gasteiger partial charge on any atom is -0.465 e. The van der Waals surface area contributed by atoms with Gasteiger partial charge in [-0.2, -0.15) is 0 Å². The third kappa shape index (κ3) is 2.61. The molecule has 2 atom stereocenters. The summed E-state index contributed by atoms with van der Waals surface area (Å²) in [6, 6.07) is 0. The molecule has 0 aromatic carbocycles. The molecule has 0 radical (unpaired) electrons. The van der Waals surface area contributed by atoms with Crippen molar-refractivity contribution in [3.05, 3.63) is 12.2 Å². The topological polar surface area (TPSA) is 26.3 Å². The van der Waals surface area contributed by atoms with Crippen molar-refractivity contribution in [1.82, 2.24) is 0 Å². The first-order chi connectivity index (χ1) is 7.33. The molecule has 0 aromatic rings. The van der Waals surface area contributed by atoms with Gasteiger partial charge in [-0.05, 0) is 43.4 Å². The van der Waals surface area contributed by atoms with Gasteiger partial charge >= 0.3 is 5.97 Å². The maximum absolute atomic E-state index is 11.1. The van der Waals surface area contributed by atoms with E-state index >= 15 is 0 Å². The van der Waals surface area contributed by atoms with Gasteiger partial charge in [-0.3, -0.25) is 4.79 Å². The van der Waals surface area contributed by atoms with E-state index in [1.165, 1.54) is 25.7 Å².